The summed E-state index contributed by atoms with van der Waals surface area (Å²) < 4.78 is 31.4. The van der Waals surface area contributed by atoms with Crippen LogP contribution in [0.2, 0.25) is 0 Å². The molecule has 2 aromatic rings. The Bertz CT molecular complexity index is 654. The Kier molecular flexibility index (Phi) is 2.02. The quantitative estimate of drug-likeness (QED) is 0.545. The summed E-state index contributed by atoms with van der Waals surface area (Å²) in [7, 11) is -4.29. The van der Waals surface area contributed by atoms with Crippen molar-refractivity contribution in [1.82, 2.24) is 9.97 Å². The Labute approximate surface area is 84.0 Å². The highest BCUT2D eigenvalue weighted by Crippen LogP contribution is 2.14. The zero-order valence-corrected chi connectivity index (χ0v) is 8.13. The summed E-state index contributed by atoms with van der Waals surface area (Å²) in [5.41, 5.74) is 0.795. The Hall–Kier alpha value is -1.80. The Morgan fingerprint density at radius 3 is 2.53 bits per heavy atom. The minimum Gasteiger partial charge on any atom is -0.306 e. The second-order valence-electron chi connectivity index (χ2n) is 2.92. The fourth-order valence-corrected chi connectivity index (χ4v) is 1.67. The summed E-state index contributed by atoms with van der Waals surface area (Å²) in [5, 5.41) is 0. The molecule has 0 atom stereocenters. The first kappa shape index (κ1) is 9.74. The van der Waals surface area contributed by atoms with Crippen LogP contribution in [0.15, 0.2) is 23.0 Å². The molecule has 0 aliphatic rings. The highest BCUT2D eigenvalue weighted by atomic mass is 32.2. The molecule has 0 saturated carbocycles. The highest BCUT2D eigenvalue weighted by molar-refractivity contribution is 7.87. The number of benzene rings is 1. The van der Waals surface area contributed by atoms with Gasteiger partial charge in [0.25, 0.3) is 0 Å². The van der Waals surface area contributed by atoms with Gasteiger partial charge in [-0.15, -0.1) is 0 Å². The monoisotopic (exact) mass is 229 g/mol. The molecule has 0 unspecified atom stereocenters. The standard InChI is InChI=1S/C7H7N3O4S/c11-7-8-5-2-1-4(3-6(5)9-7)10-15(12,13)14/h1-3,10H,(H2,8,9,11)(H,12,13,14). The number of aromatic nitrogens is 2. The van der Waals surface area contributed by atoms with Crippen molar-refractivity contribution < 1.29 is 13.0 Å². The van der Waals surface area contributed by atoms with Crippen LogP contribution in [-0.2, 0) is 10.3 Å². The van der Waals surface area contributed by atoms with Gasteiger partial charge in [-0.25, -0.2) is 4.79 Å². The largest absolute Gasteiger partial charge is 0.357 e. The zero-order valence-electron chi connectivity index (χ0n) is 7.31. The van der Waals surface area contributed by atoms with Crippen LogP contribution in [0.1, 0.15) is 0 Å². The number of fused-ring (bicyclic) bond motifs is 1. The van der Waals surface area contributed by atoms with Crippen molar-refractivity contribution in [2.45, 2.75) is 0 Å². The van der Waals surface area contributed by atoms with Crippen molar-refractivity contribution in [1.29, 1.82) is 0 Å². The van der Waals surface area contributed by atoms with E-state index in [0.29, 0.717) is 11.0 Å². The van der Waals surface area contributed by atoms with Crippen molar-refractivity contribution >= 4 is 27.0 Å². The van der Waals surface area contributed by atoms with Crippen LogP contribution < -0.4 is 10.4 Å². The van der Waals surface area contributed by atoms with Crippen molar-refractivity contribution in [3.05, 3.63) is 28.7 Å². The SMILES string of the molecule is O=c1[nH]c2ccc(NS(=O)(=O)O)cc2[nH]1. The lowest BCUT2D eigenvalue weighted by Gasteiger charge is -2.01. The van der Waals surface area contributed by atoms with Crippen LogP contribution in [0.4, 0.5) is 5.69 Å². The second-order valence-corrected chi connectivity index (χ2v) is 4.07. The lowest BCUT2D eigenvalue weighted by Crippen LogP contribution is -2.10. The summed E-state index contributed by atoms with van der Waals surface area (Å²) in [6.45, 7) is 0. The molecule has 0 radical (unpaired) electrons. The molecule has 8 heteroatoms. The molecule has 1 aromatic carbocycles. The highest BCUT2D eigenvalue weighted by Gasteiger charge is 2.05. The third kappa shape index (κ3) is 2.17. The molecule has 0 fully saturated rings. The molecule has 15 heavy (non-hydrogen) atoms. The number of hydrogen-bond donors (Lipinski definition) is 4. The molecule has 0 spiro atoms. The molecular weight excluding hydrogens is 222 g/mol. The Morgan fingerprint density at radius 1 is 1.20 bits per heavy atom. The Morgan fingerprint density at radius 2 is 1.87 bits per heavy atom. The summed E-state index contributed by atoms with van der Waals surface area (Å²) in [6.07, 6.45) is 0. The van der Waals surface area contributed by atoms with E-state index in [2.05, 4.69) is 9.97 Å². The molecule has 0 amide bonds. The van der Waals surface area contributed by atoms with Crippen molar-refractivity contribution in [2.24, 2.45) is 0 Å². The predicted octanol–water partition coefficient (Wildman–Crippen LogP) is 0.0709. The Balaban J connectivity index is 2.51. The van der Waals surface area contributed by atoms with Crippen LogP contribution in [0.5, 0.6) is 0 Å². The number of imidazole rings is 1. The van der Waals surface area contributed by atoms with Crippen molar-refractivity contribution in [3.8, 4) is 0 Å². The average molecular weight is 229 g/mol. The molecule has 0 saturated heterocycles. The number of rotatable bonds is 2. The maximum Gasteiger partial charge on any atom is 0.357 e. The summed E-state index contributed by atoms with van der Waals surface area (Å²) in [5.74, 6) is 0. The van der Waals surface area contributed by atoms with E-state index in [1.54, 1.807) is 0 Å². The first-order chi connectivity index (χ1) is 6.94. The molecule has 80 valence electrons. The number of aromatic amines is 2. The normalized spacial score (nSPS) is 11.8. The molecule has 1 heterocycles. The van der Waals surface area contributed by atoms with E-state index in [1.807, 2.05) is 4.72 Å². The number of H-pyrrole nitrogens is 2. The van der Waals surface area contributed by atoms with Gasteiger partial charge in [0.2, 0.25) is 0 Å². The van der Waals surface area contributed by atoms with Gasteiger partial charge >= 0.3 is 16.0 Å². The lowest BCUT2D eigenvalue weighted by atomic mass is 10.3. The average Bonchev–Trinajstić information content (AvgIpc) is 2.40. The van der Waals surface area contributed by atoms with E-state index in [0.717, 1.165) is 0 Å². The molecule has 4 N–H and O–H groups in total. The van der Waals surface area contributed by atoms with Crippen molar-refractivity contribution in [3.63, 3.8) is 0 Å². The van der Waals surface area contributed by atoms with Gasteiger partial charge in [0.15, 0.2) is 0 Å². The van der Waals surface area contributed by atoms with E-state index in [1.165, 1.54) is 18.2 Å². The summed E-state index contributed by atoms with van der Waals surface area (Å²) in [4.78, 5) is 15.8. The fourth-order valence-electron chi connectivity index (χ4n) is 1.24. The maximum atomic E-state index is 10.9. The first-order valence-electron chi connectivity index (χ1n) is 3.91. The third-order valence-corrected chi connectivity index (χ3v) is 2.26. The third-order valence-electron chi connectivity index (χ3n) is 1.76. The van der Waals surface area contributed by atoms with E-state index >= 15 is 0 Å². The number of nitrogens with one attached hydrogen (secondary N) is 3. The summed E-state index contributed by atoms with van der Waals surface area (Å²) >= 11 is 0. The van der Waals surface area contributed by atoms with Gasteiger partial charge in [0, 0.05) is 0 Å². The maximum absolute atomic E-state index is 10.9. The molecule has 0 aliphatic heterocycles. The summed E-state index contributed by atoms with van der Waals surface area (Å²) in [6, 6.07) is 4.32. The molecule has 0 aliphatic carbocycles. The minimum atomic E-state index is -4.29. The van der Waals surface area contributed by atoms with Crippen LogP contribution in [0, 0.1) is 0 Å². The lowest BCUT2D eigenvalue weighted by molar-refractivity contribution is 0.490. The van der Waals surface area contributed by atoms with E-state index in [-0.39, 0.29) is 11.4 Å². The van der Waals surface area contributed by atoms with Crippen LogP contribution in [-0.4, -0.2) is 22.9 Å². The molecule has 2 rings (SSSR count). The van der Waals surface area contributed by atoms with Crippen LogP contribution in [0.3, 0.4) is 0 Å². The topological polar surface area (TPSA) is 115 Å². The minimum absolute atomic E-state index is 0.167. The molecular formula is C7H7N3O4S. The van der Waals surface area contributed by atoms with Gasteiger partial charge < -0.3 is 9.97 Å². The van der Waals surface area contributed by atoms with Crippen molar-refractivity contribution in [2.75, 3.05) is 4.72 Å². The second kappa shape index (κ2) is 3.11. The number of anilines is 1. The van der Waals surface area contributed by atoms with Gasteiger partial charge in [0.05, 0.1) is 16.7 Å². The van der Waals surface area contributed by atoms with Gasteiger partial charge in [0.1, 0.15) is 0 Å². The molecule has 0 bridgehead atoms. The smallest absolute Gasteiger partial charge is 0.306 e. The van der Waals surface area contributed by atoms with Gasteiger partial charge in [-0.1, -0.05) is 0 Å². The van der Waals surface area contributed by atoms with E-state index < -0.39 is 10.3 Å². The fraction of sp³-hybridized carbons (Fsp3) is 0. The number of hydrogen-bond acceptors (Lipinski definition) is 3. The van der Waals surface area contributed by atoms with E-state index in [4.69, 9.17) is 4.55 Å². The van der Waals surface area contributed by atoms with E-state index in [9.17, 15) is 13.2 Å². The first-order valence-corrected chi connectivity index (χ1v) is 5.35. The van der Waals surface area contributed by atoms with Crippen LogP contribution in [0.25, 0.3) is 11.0 Å². The molecule has 1 aromatic heterocycles. The predicted molar refractivity (Wildman–Crippen MR) is 54.1 cm³/mol. The van der Waals surface area contributed by atoms with Crippen LogP contribution >= 0.6 is 0 Å². The van der Waals surface area contributed by atoms with Gasteiger partial charge in [-0.3, -0.25) is 9.27 Å². The van der Waals surface area contributed by atoms with Gasteiger partial charge in [-0.05, 0) is 18.2 Å². The van der Waals surface area contributed by atoms with Gasteiger partial charge in [-0.2, -0.15) is 8.42 Å². The zero-order chi connectivity index (χ0) is 11.1. The molecule has 7 nitrogen and oxygen atoms in total.